The lowest BCUT2D eigenvalue weighted by atomic mass is 9.94. The molecule has 0 unspecified atom stereocenters. The van der Waals surface area contributed by atoms with E-state index < -0.39 is 5.54 Å². The Morgan fingerprint density at radius 1 is 1.32 bits per heavy atom. The third-order valence-corrected chi connectivity index (χ3v) is 7.14. The molecule has 0 atom stereocenters. The number of aromatic nitrogens is 2. The van der Waals surface area contributed by atoms with E-state index in [4.69, 9.17) is 19.3 Å². The number of fused-ring (bicyclic) bond motifs is 3. The number of thiophene rings is 1. The van der Waals surface area contributed by atoms with Gasteiger partial charge in [0.15, 0.2) is 5.69 Å². The number of benzene rings is 1. The van der Waals surface area contributed by atoms with Crippen LogP contribution in [-0.4, -0.2) is 53.0 Å². The van der Waals surface area contributed by atoms with Crippen LogP contribution < -0.4 is 9.47 Å². The van der Waals surface area contributed by atoms with Crippen LogP contribution in [-0.2, 0) is 17.8 Å². The number of nitrogens with zero attached hydrogens (tertiary/aromatic N) is 3. The maximum atomic E-state index is 13.8. The molecule has 1 fully saturated rings. The van der Waals surface area contributed by atoms with Gasteiger partial charge >= 0.3 is 0 Å². The fourth-order valence-corrected chi connectivity index (χ4v) is 5.43. The maximum absolute atomic E-state index is 13.8. The van der Waals surface area contributed by atoms with Crippen molar-refractivity contribution in [3.63, 3.8) is 0 Å². The number of methoxy groups -OCH3 is 1. The molecule has 1 aromatic carbocycles. The van der Waals surface area contributed by atoms with Crippen molar-refractivity contribution >= 4 is 17.2 Å². The Bertz CT molecular complexity index is 1210. The normalized spacial score (nSPS) is 16.7. The van der Waals surface area contributed by atoms with Crippen molar-refractivity contribution < 1.29 is 19.0 Å². The van der Waals surface area contributed by atoms with Crippen molar-refractivity contribution in [2.45, 2.75) is 46.3 Å². The van der Waals surface area contributed by atoms with Gasteiger partial charge in [0.25, 0.3) is 5.91 Å². The quantitative estimate of drug-likeness (QED) is 0.516. The Kier molecular flexibility index (Phi) is 5.90. The number of hydrogen-bond donors (Lipinski definition) is 0. The highest BCUT2D eigenvalue weighted by Crippen LogP contribution is 2.44. The number of hydrogen-bond acceptors (Lipinski definition) is 6. The van der Waals surface area contributed by atoms with Crippen molar-refractivity contribution in [1.82, 2.24) is 14.7 Å². The first-order chi connectivity index (χ1) is 16.3. The van der Waals surface area contributed by atoms with Crippen LogP contribution in [0.25, 0.3) is 16.9 Å². The third-order valence-electron chi connectivity index (χ3n) is 6.47. The second kappa shape index (κ2) is 8.74. The van der Waals surface area contributed by atoms with E-state index in [9.17, 15) is 4.79 Å². The van der Waals surface area contributed by atoms with Crippen LogP contribution in [0, 0.1) is 5.92 Å². The second-order valence-electron chi connectivity index (χ2n) is 9.94. The highest BCUT2D eigenvalue weighted by molar-refractivity contribution is 7.08. The van der Waals surface area contributed by atoms with E-state index in [2.05, 4.69) is 19.9 Å². The zero-order valence-corrected chi connectivity index (χ0v) is 21.2. The Morgan fingerprint density at radius 3 is 2.82 bits per heavy atom. The summed E-state index contributed by atoms with van der Waals surface area (Å²) >= 11 is 1.61. The Morgan fingerprint density at radius 2 is 2.15 bits per heavy atom. The van der Waals surface area contributed by atoms with Gasteiger partial charge in [-0.25, -0.2) is 4.68 Å². The summed E-state index contributed by atoms with van der Waals surface area (Å²) in [6.07, 6.45) is 0.881. The van der Waals surface area contributed by atoms with E-state index in [1.165, 1.54) is 0 Å². The molecule has 0 bridgehead atoms. The monoisotopic (exact) mass is 481 g/mol. The molecule has 0 N–H and O–H groups in total. The maximum Gasteiger partial charge on any atom is 0.275 e. The predicted octanol–water partition coefficient (Wildman–Crippen LogP) is 4.95. The Hall–Kier alpha value is -2.84. The molecule has 8 heteroatoms. The lowest BCUT2D eigenvalue weighted by Crippen LogP contribution is -2.55. The van der Waals surface area contributed by atoms with Gasteiger partial charge in [-0.15, -0.1) is 0 Å². The van der Waals surface area contributed by atoms with E-state index in [1.54, 1.807) is 18.4 Å². The molecule has 0 radical (unpaired) electrons. The third kappa shape index (κ3) is 3.88. The molecule has 7 nitrogen and oxygen atoms in total. The van der Waals surface area contributed by atoms with E-state index in [0.29, 0.717) is 31.4 Å². The van der Waals surface area contributed by atoms with E-state index in [-0.39, 0.29) is 12.5 Å². The van der Waals surface area contributed by atoms with Crippen molar-refractivity contribution in [2.75, 3.05) is 26.9 Å². The van der Waals surface area contributed by atoms with E-state index in [0.717, 1.165) is 46.0 Å². The molecule has 1 amide bonds. The zero-order valence-electron chi connectivity index (χ0n) is 20.4. The topological polar surface area (TPSA) is 65.8 Å². The molecular formula is C26H31N3O4S. The number of amides is 1. The SMILES string of the molecule is COc1cc2c(cc1CC(C)C)-c1c(c(C(=O)N3CCOCC3(C)C)nn1-c1ccsc1)CO2. The molecule has 2 aliphatic heterocycles. The molecule has 5 rings (SSSR count). The summed E-state index contributed by atoms with van der Waals surface area (Å²) in [6.45, 7) is 10.3. The van der Waals surface area contributed by atoms with Crippen LogP contribution in [0.1, 0.15) is 49.3 Å². The van der Waals surface area contributed by atoms with Crippen molar-refractivity contribution in [3.05, 3.63) is 45.8 Å². The fourth-order valence-electron chi connectivity index (χ4n) is 4.81. The molecule has 180 valence electrons. The van der Waals surface area contributed by atoms with E-state index >= 15 is 0 Å². The van der Waals surface area contributed by atoms with Gasteiger partial charge in [-0.2, -0.15) is 16.4 Å². The van der Waals surface area contributed by atoms with Gasteiger partial charge in [0.2, 0.25) is 0 Å². The molecule has 4 heterocycles. The molecule has 0 saturated carbocycles. The van der Waals surface area contributed by atoms with Crippen molar-refractivity contribution in [3.8, 4) is 28.4 Å². The van der Waals surface area contributed by atoms with Crippen LogP contribution in [0.15, 0.2) is 29.0 Å². The second-order valence-corrected chi connectivity index (χ2v) is 10.7. The largest absolute Gasteiger partial charge is 0.496 e. The summed E-state index contributed by atoms with van der Waals surface area (Å²) in [5.41, 5.74) is 4.79. The van der Waals surface area contributed by atoms with Crippen molar-refractivity contribution in [1.29, 1.82) is 0 Å². The number of ether oxygens (including phenoxy) is 3. The van der Waals surface area contributed by atoms with Gasteiger partial charge in [0.1, 0.15) is 18.1 Å². The molecule has 2 aliphatic rings. The summed E-state index contributed by atoms with van der Waals surface area (Å²) in [5.74, 6) is 1.96. The van der Waals surface area contributed by atoms with Crippen LogP contribution >= 0.6 is 11.3 Å². The minimum absolute atomic E-state index is 0.0819. The average Bonchev–Trinajstić information content (AvgIpc) is 3.45. The van der Waals surface area contributed by atoms with Crippen LogP contribution in [0.3, 0.4) is 0 Å². The predicted molar refractivity (Wildman–Crippen MR) is 132 cm³/mol. The average molecular weight is 482 g/mol. The fraction of sp³-hybridized carbons (Fsp3) is 0.462. The minimum atomic E-state index is -0.403. The summed E-state index contributed by atoms with van der Waals surface area (Å²) in [6, 6.07) is 6.13. The molecule has 2 aromatic heterocycles. The van der Waals surface area contributed by atoms with Gasteiger partial charge in [-0.3, -0.25) is 4.79 Å². The first kappa shape index (κ1) is 22.9. The molecule has 0 spiro atoms. The summed E-state index contributed by atoms with van der Waals surface area (Å²) in [7, 11) is 1.69. The number of rotatable bonds is 5. The molecule has 0 aliphatic carbocycles. The molecule has 3 aromatic rings. The van der Waals surface area contributed by atoms with Gasteiger partial charge < -0.3 is 19.1 Å². The highest BCUT2D eigenvalue weighted by atomic mass is 32.1. The van der Waals surface area contributed by atoms with Gasteiger partial charge in [-0.05, 0) is 49.3 Å². The van der Waals surface area contributed by atoms with Crippen LogP contribution in [0.5, 0.6) is 11.5 Å². The minimum Gasteiger partial charge on any atom is -0.496 e. The zero-order chi connectivity index (χ0) is 24.0. The number of morpholine rings is 1. The molecule has 34 heavy (non-hydrogen) atoms. The first-order valence-electron chi connectivity index (χ1n) is 11.7. The smallest absolute Gasteiger partial charge is 0.275 e. The lowest BCUT2D eigenvalue weighted by molar-refractivity contribution is -0.0374. The van der Waals surface area contributed by atoms with Gasteiger partial charge in [0, 0.05) is 29.1 Å². The molecule has 1 saturated heterocycles. The number of carbonyl (C=O) groups is 1. The van der Waals surface area contributed by atoms with Crippen molar-refractivity contribution in [2.24, 2.45) is 5.92 Å². The van der Waals surface area contributed by atoms with Crippen LogP contribution in [0.4, 0.5) is 0 Å². The summed E-state index contributed by atoms with van der Waals surface area (Å²) in [4.78, 5) is 15.7. The highest BCUT2D eigenvalue weighted by Gasteiger charge is 2.39. The van der Waals surface area contributed by atoms with Gasteiger partial charge in [0.05, 0.1) is 37.2 Å². The summed E-state index contributed by atoms with van der Waals surface area (Å²) in [5, 5.41) is 8.96. The first-order valence-corrected chi connectivity index (χ1v) is 12.6. The standard InChI is InChI=1S/C26H31N3O4S/c1-16(2)10-17-11-19-22(12-21(17)31-5)33-13-20-23(25(30)28-7-8-32-15-26(28,3)4)27-29(24(19)20)18-6-9-34-14-18/h6,9,11-12,14,16H,7-8,10,13,15H2,1-5H3. The van der Waals surface area contributed by atoms with E-state index in [1.807, 2.05) is 46.3 Å². The number of carbonyl (C=O) groups excluding carboxylic acids is 1. The Balaban J connectivity index is 1.69. The summed E-state index contributed by atoms with van der Waals surface area (Å²) < 4.78 is 19.4. The molecular weight excluding hydrogens is 450 g/mol. The Labute approximate surface area is 204 Å². The van der Waals surface area contributed by atoms with Crippen LogP contribution in [0.2, 0.25) is 0 Å². The van der Waals surface area contributed by atoms with Gasteiger partial charge in [-0.1, -0.05) is 13.8 Å². The lowest BCUT2D eigenvalue weighted by Gasteiger charge is -2.41.